The number of hydrogen-bond acceptors (Lipinski definition) is 4. The molecule has 0 atom stereocenters. The number of benzene rings is 1. The van der Waals surface area contributed by atoms with Gasteiger partial charge >= 0.3 is 0 Å². The first-order valence-corrected chi connectivity index (χ1v) is 7.80. The predicted molar refractivity (Wildman–Crippen MR) is 85.6 cm³/mol. The Morgan fingerprint density at radius 2 is 2.14 bits per heavy atom. The van der Waals surface area contributed by atoms with Crippen molar-refractivity contribution in [2.45, 2.75) is 6.92 Å². The standard InChI is InChI=1S/C16H19ClN2O3/c1-11-12-3-2-4-13(17)15(12)22-14(11)16(20)18-5-6-19-7-9-21-10-8-19/h2-4H,5-10H2,1H3,(H,18,20). The molecule has 1 amide bonds. The first-order chi connectivity index (χ1) is 10.7. The maximum atomic E-state index is 12.3. The second-order valence-corrected chi connectivity index (χ2v) is 5.79. The SMILES string of the molecule is Cc1c(C(=O)NCCN2CCOCC2)oc2c(Cl)cccc12. The number of halogens is 1. The van der Waals surface area contributed by atoms with Crippen LogP contribution in [-0.2, 0) is 4.74 Å². The Hall–Kier alpha value is -1.56. The topological polar surface area (TPSA) is 54.7 Å². The first kappa shape index (κ1) is 15.3. The van der Waals surface area contributed by atoms with Crippen molar-refractivity contribution in [1.82, 2.24) is 10.2 Å². The van der Waals surface area contributed by atoms with Crippen molar-refractivity contribution in [3.05, 3.63) is 34.5 Å². The minimum atomic E-state index is -0.196. The van der Waals surface area contributed by atoms with Crippen LogP contribution >= 0.6 is 11.6 Å². The van der Waals surface area contributed by atoms with E-state index >= 15 is 0 Å². The fourth-order valence-electron chi connectivity index (χ4n) is 2.66. The number of amides is 1. The Morgan fingerprint density at radius 3 is 2.86 bits per heavy atom. The third-order valence-electron chi connectivity index (χ3n) is 3.94. The highest BCUT2D eigenvalue weighted by molar-refractivity contribution is 6.35. The van der Waals surface area contributed by atoms with Crippen molar-refractivity contribution < 1.29 is 13.9 Å². The lowest BCUT2D eigenvalue weighted by atomic mass is 10.1. The lowest BCUT2D eigenvalue weighted by molar-refractivity contribution is 0.0382. The van der Waals surface area contributed by atoms with Crippen molar-refractivity contribution in [3.63, 3.8) is 0 Å². The molecule has 2 heterocycles. The highest BCUT2D eigenvalue weighted by Gasteiger charge is 2.19. The summed E-state index contributed by atoms with van der Waals surface area (Å²) in [6.07, 6.45) is 0. The number of aryl methyl sites for hydroxylation is 1. The Labute approximate surface area is 134 Å². The molecule has 0 radical (unpaired) electrons. The van der Waals surface area contributed by atoms with Crippen LogP contribution in [0.25, 0.3) is 11.0 Å². The largest absolute Gasteiger partial charge is 0.449 e. The summed E-state index contributed by atoms with van der Waals surface area (Å²) >= 11 is 6.11. The molecule has 22 heavy (non-hydrogen) atoms. The van der Waals surface area contributed by atoms with Gasteiger partial charge in [0.15, 0.2) is 11.3 Å². The summed E-state index contributed by atoms with van der Waals surface area (Å²) in [5.74, 6) is 0.142. The molecule has 1 N–H and O–H groups in total. The smallest absolute Gasteiger partial charge is 0.287 e. The van der Waals surface area contributed by atoms with Gasteiger partial charge in [-0.2, -0.15) is 0 Å². The highest BCUT2D eigenvalue weighted by atomic mass is 35.5. The molecule has 1 saturated heterocycles. The van der Waals surface area contributed by atoms with Gasteiger partial charge < -0.3 is 14.5 Å². The fraction of sp³-hybridized carbons (Fsp3) is 0.438. The average molecular weight is 323 g/mol. The second kappa shape index (κ2) is 6.69. The number of nitrogens with zero attached hydrogens (tertiary/aromatic N) is 1. The molecule has 1 fully saturated rings. The van der Waals surface area contributed by atoms with Crippen LogP contribution in [-0.4, -0.2) is 50.2 Å². The van der Waals surface area contributed by atoms with Gasteiger partial charge in [0.1, 0.15) is 0 Å². The average Bonchev–Trinajstić information content (AvgIpc) is 2.87. The molecule has 1 aromatic carbocycles. The van der Waals surface area contributed by atoms with Crippen LogP contribution in [0.2, 0.25) is 5.02 Å². The van der Waals surface area contributed by atoms with E-state index in [2.05, 4.69) is 10.2 Å². The van der Waals surface area contributed by atoms with E-state index in [1.54, 1.807) is 6.07 Å². The van der Waals surface area contributed by atoms with Gasteiger partial charge in [-0.25, -0.2) is 0 Å². The van der Waals surface area contributed by atoms with Crippen LogP contribution < -0.4 is 5.32 Å². The van der Waals surface area contributed by atoms with Crippen molar-refractivity contribution in [3.8, 4) is 0 Å². The molecule has 0 spiro atoms. The Kier molecular flexibility index (Phi) is 4.66. The summed E-state index contributed by atoms with van der Waals surface area (Å²) in [4.78, 5) is 14.6. The van der Waals surface area contributed by atoms with Gasteiger partial charge in [0.25, 0.3) is 5.91 Å². The normalized spacial score (nSPS) is 16.1. The maximum absolute atomic E-state index is 12.3. The van der Waals surface area contributed by atoms with Gasteiger partial charge in [-0.3, -0.25) is 9.69 Å². The molecule has 0 unspecified atom stereocenters. The van der Waals surface area contributed by atoms with E-state index in [4.69, 9.17) is 20.8 Å². The number of carbonyl (C=O) groups is 1. The summed E-state index contributed by atoms with van der Waals surface area (Å²) in [6, 6.07) is 5.52. The van der Waals surface area contributed by atoms with Crippen molar-refractivity contribution >= 4 is 28.5 Å². The lowest BCUT2D eigenvalue weighted by Gasteiger charge is -2.26. The number of para-hydroxylation sites is 1. The molecule has 0 aliphatic carbocycles. The van der Waals surface area contributed by atoms with Crippen LogP contribution in [0.15, 0.2) is 22.6 Å². The van der Waals surface area contributed by atoms with Gasteiger partial charge in [0, 0.05) is 37.1 Å². The first-order valence-electron chi connectivity index (χ1n) is 7.42. The number of furan rings is 1. The monoisotopic (exact) mass is 322 g/mol. The number of hydrogen-bond donors (Lipinski definition) is 1. The quantitative estimate of drug-likeness (QED) is 0.939. The van der Waals surface area contributed by atoms with Gasteiger partial charge in [-0.15, -0.1) is 0 Å². The molecule has 1 aromatic heterocycles. The molecular formula is C16H19ClN2O3. The minimum Gasteiger partial charge on any atom is -0.449 e. The number of rotatable bonds is 4. The van der Waals surface area contributed by atoms with Crippen molar-refractivity contribution in [2.75, 3.05) is 39.4 Å². The Morgan fingerprint density at radius 1 is 1.36 bits per heavy atom. The number of ether oxygens (including phenoxy) is 1. The van der Waals surface area contributed by atoms with E-state index in [1.807, 2.05) is 19.1 Å². The predicted octanol–water partition coefficient (Wildman–Crippen LogP) is 2.46. The number of fused-ring (bicyclic) bond motifs is 1. The third kappa shape index (κ3) is 3.11. The molecule has 1 aliphatic heterocycles. The number of nitrogens with one attached hydrogen (secondary N) is 1. The van der Waals surface area contributed by atoms with E-state index in [-0.39, 0.29) is 5.91 Å². The van der Waals surface area contributed by atoms with E-state index in [0.717, 1.165) is 43.8 Å². The molecule has 6 heteroatoms. The maximum Gasteiger partial charge on any atom is 0.287 e. The summed E-state index contributed by atoms with van der Waals surface area (Å²) in [5.41, 5.74) is 1.39. The van der Waals surface area contributed by atoms with Crippen LogP contribution in [0.4, 0.5) is 0 Å². The highest BCUT2D eigenvalue weighted by Crippen LogP contribution is 2.30. The van der Waals surface area contributed by atoms with Crippen LogP contribution in [0, 0.1) is 6.92 Å². The fourth-order valence-corrected chi connectivity index (χ4v) is 2.87. The molecule has 0 saturated carbocycles. The summed E-state index contributed by atoms with van der Waals surface area (Å²) in [7, 11) is 0. The van der Waals surface area contributed by atoms with Gasteiger partial charge in [0.05, 0.1) is 18.2 Å². The van der Waals surface area contributed by atoms with Gasteiger partial charge in [0.2, 0.25) is 0 Å². The molecular weight excluding hydrogens is 304 g/mol. The summed E-state index contributed by atoms with van der Waals surface area (Å²) in [5, 5.41) is 4.31. The zero-order valence-electron chi connectivity index (χ0n) is 12.5. The molecule has 3 rings (SSSR count). The molecule has 1 aliphatic rings. The molecule has 118 valence electrons. The Balaban J connectivity index is 1.64. The minimum absolute atomic E-state index is 0.196. The van der Waals surface area contributed by atoms with Crippen molar-refractivity contribution in [2.24, 2.45) is 0 Å². The van der Waals surface area contributed by atoms with E-state index in [9.17, 15) is 4.79 Å². The van der Waals surface area contributed by atoms with E-state index in [0.29, 0.717) is 22.9 Å². The van der Waals surface area contributed by atoms with Gasteiger partial charge in [-0.05, 0) is 13.0 Å². The zero-order valence-corrected chi connectivity index (χ0v) is 13.3. The van der Waals surface area contributed by atoms with Crippen LogP contribution in [0.5, 0.6) is 0 Å². The van der Waals surface area contributed by atoms with E-state index < -0.39 is 0 Å². The summed E-state index contributed by atoms with van der Waals surface area (Å²) < 4.78 is 11.0. The molecule has 2 aromatic rings. The molecule has 5 nitrogen and oxygen atoms in total. The lowest BCUT2D eigenvalue weighted by Crippen LogP contribution is -2.41. The second-order valence-electron chi connectivity index (χ2n) is 5.38. The van der Waals surface area contributed by atoms with Crippen molar-refractivity contribution in [1.29, 1.82) is 0 Å². The van der Waals surface area contributed by atoms with E-state index in [1.165, 1.54) is 0 Å². The van der Waals surface area contributed by atoms with Crippen LogP contribution in [0.3, 0.4) is 0 Å². The summed E-state index contributed by atoms with van der Waals surface area (Å²) in [6.45, 7) is 6.62. The Bertz CT molecular complexity index is 677. The number of morpholine rings is 1. The number of carbonyl (C=O) groups excluding carboxylic acids is 1. The molecule has 0 bridgehead atoms. The van der Waals surface area contributed by atoms with Gasteiger partial charge in [-0.1, -0.05) is 23.7 Å². The van der Waals surface area contributed by atoms with Crippen LogP contribution in [0.1, 0.15) is 16.1 Å². The third-order valence-corrected chi connectivity index (χ3v) is 4.24. The zero-order chi connectivity index (χ0) is 15.5.